The van der Waals surface area contributed by atoms with E-state index in [9.17, 15) is 0 Å². The Morgan fingerprint density at radius 2 is 0.889 bits per heavy atom. The Morgan fingerprint density at radius 3 is 0.889 bits per heavy atom. The molecule has 2 saturated carbocycles. The Hall–Kier alpha value is 0. The van der Waals surface area contributed by atoms with Crippen LogP contribution in [-0.4, -0.2) is 0 Å². The first-order valence-electron chi connectivity index (χ1n) is 4.23. The minimum absolute atomic E-state index is 1.02. The molecule has 0 aromatic carbocycles. The molecule has 0 atom stereocenters. The highest BCUT2D eigenvalue weighted by molar-refractivity contribution is 4.86. The first kappa shape index (κ1) is 7.11. The fourth-order valence-electron chi connectivity index (χ4n) is 0.911. The third kappa shape index (κ3) is 2.38. The molecule has 2 aliphatic rings. The molecule has 0 aliphatic heterocycles. The normalized spacial score (nSPS) is 45.0. The standard InChI is InChI=1S/C6H12.C3H6/c1-4-5(2)6(4)3;1-2-3-1/h4-6H,1-3H3;1-3H2. The Morgan fingerprint density at radius 1 is 0.667 bits per heavy atom. The van der Waals surface area contributed by atoms with E-state index >= 15 is 0 Å². The van der Waals surface area contributed by atoms with Crippen molar-refractivity contribution in [3.05, 3.63) is 0 Å². The van der Waals surface area contributed by atoms with Gasteiger partial charge in [-0.15, -0.1) is 0 Å². The molecule has 0 amide bonds. The second-order valence-electron chi connectivity index (χ2n) is 3.64. The maximum absolute atomic E-state index is 2.31. The molecule has 0 N–H and O–H groups in total. The van der Waals surface area contributed by atoms with Gasteiger partial charge in [-0.3, -0.25) is 0 Å². The summed E-state index contributed by atoms with van der Waals surface area (Å²) < 4.78 is 0. The molecule has 0 heterocycles. The van der Waals surface area contributed by atoms with Crippen molar-refractivity contribution in [3.8, 4) is 0 Å². The monoisotopic (exact) mass is 126 g/mol. The van der Waals surface area contributed by atoms with E-state index in [1.165, 1.54) is 19.3 Å². The molecule has 0 saturated heterocycles. The van der Waals surface area contributed by atoms with Gasteiger partial charge >= 0.3 is 0 Å². The van der Waals surface area contributed by atoms with Crippen molar-refractivity contribution in [2.45, 2.75) is 40.0 Å². The van der Waals surface area contributed by atoms with Crippen LogP contribution in [0.15, 0.2) is 0 Å². The molecule has 0 radical (unpaired) electrons. The van der Waals surface area contributed by atoms with Gasteiger partial charge in [-0.1, -0.05) is 40.0 Å². The summed E-state index contributed by atoms with van der Waals surface area (Å²) in [5, 5.41) is 0. The third-order valence-electron chi connectivity index (χ3n) is 2.70. The quantitative estimate of drug-likeness (QED) is 0.468. The molecule has 2 rings (SSSR count). The highest BCUT2D eigenvalue weighted by Gasteiger charge is 2.37. The van der Waals surface area contributed by atoms with Gasteiger partial charge in [0.15, 0.2) is 0 Å². The van der Waals surface area contributed by atoms with Gasteiger partial charge in [0.2, 0.25) is 0 Å². The van der Waals surface area contributed by atoms with Crippen LogP contribution in [0.4, 0.5) is 0 Å². The lowest BCUT2D eigenvalue weighted by Crippen LogP contribution is -1.58. The summed E-state index contributed by atoms with van der Waals surface area (Å²) in [4.78, 5) is 0. The van der Waals surface area contributed by atoms with E-state index in [2.05, 4.69) is 20.8 Å². The van der Waals surface area contributed by atoms with Gasteiger partial charge in [-0.2, -0.15) is 0 Å². The molecule has 2 fully saturated rings. The van der Waals surface area contributed by atoms with Crippen LogP contribution in [0.25, 0.3) is 0 Å². The molecule has 0 unspecified atom stereocenters. The predicted octanol–water partition coefficient (Wildman–Crippen LogP) is 3.08. The van der Waals surface area contributed by atoms with Crippen molar-refractivity contribution in [1.29, 1.82) is 0 Å². The molecule has 0 heteroatoms. The zero-order chi connectivity index (χ0) is 6.85. The van der Waals surface area contributed by atoms with Crippen LogP contribution in [-0.2, 0) is 0 Å². The summed E-state index contributed by atoms with van der Waals surface area (Å²) in [7, 11) is 0. The average molecular weight is 126 g/mol. The van der Waals surface area contributed by atoms with E-state index in [1.54, 1.807) is 0 Å². The lowest BCUT2D eigenvalue weighted by Gasteiger charge is -1.66. The van der Waals surface area contributed by atoms with Crippen molar-refractivity contribution < 1.29 is 0 Å². The second-order valence-corrected chi connectivity index (χ2v) is 3.64. The van der Waals surface area contributed by atoms with Gasteiger partial charge in [0.25, 0.3) is 0 Å². The van der Waals surface area contributed by atoms with Crippen molar-refractivity contribution >= 4 is 0 Å². The molecule has 54 valence electrons. The van der Waals surface area contributed by atoms with E-state index in [4.69, 9.17) is 0 Å². The van der Waals surface area contributed by atoms with Crippen LogP contribution < -0.4 is 0 Å². The smallest absolute Gasteiger partial charge is 0.0386 e. The van der Waals surface area contributed by atoms with Crippen LogP contribution >= 0.6 is 0 Å². The molecule has 0 aromatic rings. The lowest BCUT2D eigenvalue weighted by molar-refractivity contribution is 0.834. The minimum atomic E-state index is 1.02. The Labute approximate surface area is 58.7 Å². The third-order valence-corrected chi connectivity index (χ3v) is 2.70. The summed E-state index contributed by atoms with van der Waals surface area (Å²) in [6, 6.07) is 0. The van der Waals surface area contributed by atoms with Gasteiger partial charge in [-0.25, -0.2) is 0 Å². The topological polar surface area (TPSA) is 0 Å². The highest BCUT2D eigenvalue weighted by atomic mass is 14.4. The Bertz CT molecular complexity index is 61.0. The molecule has 0 bridgehead atoms. The van der Waals surface area contributed by atoms with Gasteiger partial charge in [0.05, 0.1) is 0 Å². The summed E-state index contributed by atoms with van der Waals surface area (Å²) in [6.07, 6.45) is 4.50. The number of rotatable bonds is 0. The lowest BCUT2D eigenvalue weighted by atomic mass is 10.4. The highest BCUT2D eigenvalue weighted by Crippen LogP contribution is 2.44. The zero-order valence-electron chi connectivity index (χ0n) is 6.85. The SMILES string of the molecule is C1CC1.CC1C(C)C1C. The zero-order valence-corrected chi connectivity index (χ0v) is 6.85. The largest absolute Gasteiger partial charge is 0.0620 e. The van der Waals surface area contributed by atoms with E-state index in [0.717, 1.165) is 17.8 Å². The summed E-state index contributed by atoms with van der Waals surface area (Å²) in [5.41, 5.74) is 0. The van der Waals surface area contributed by atoms with Crippen LogP contribution in [0.5, 0.6) is 0 Å². The van der Waals surface area contributed by atoms with Gasteiger partial charge in [-0.05, 0) is 17.8 Å². The van der Waals surface area contributed by atoms with Crippen LogP contribution in [0.3, 0.4) is 0 Å². The maximum atomic E-state index is 2.31. The molecular formula is C9H18. The summed E-state index contributed by atoms with van der Waals surface area (Å²) in [6.45, 7) is 6.94. The molecule has 2 aliphatic carbocycles. The van der Waals surface area contributed by atoms with Gasteiger partial charge in [0, 0.05) is 0 Å². The fraction of sp³-hybridized carbons (Fsp3) is 1.00. The van der Waals surface area contributed by atoms with Gasteiger partial charge < -0.3 is 0 Å². The molecule has 0 nitrogen and oxygen atoms in total. The number of hydrogen-bond acceptors (Lipinski definition) is 0. The first-order chi connectivity index (χ1) is 4.23. The van der Waals surface area contributed by atoms with Crippen molar-refractivity contribution in [1.82, 2.24) is 0 Å². The van der Waals surface area contributed by atoms with Gasteiger partial charge in [0.1, 0.15) is 0 Å². The molecule has 0 spiro atoms. The maximum Gasteiger partial charge on any atom is -0.0386 e. The molecule has 9 heavy (non-hydrogen) atoms. The van der Waals surface area contributed by atoms with Crippen molar-refractivity contribution in [3.63, 3.8) is 0 Å². The minimum Gasteiger partial charge on any atom is -0.0620 e. The Balaban J connectivity index is 0.000000112. The average Bonchev–Trinajstić information content (AvgIpc) is 2.71. The van der Waals surface area contributed by atoms with E-state index in [1.807, 2.05) is 0 Å². The fourth-order valence-corrected chi connectivity index (χ4v) is 0.911. The summed E-state index contributed by atoms with van der Waals surface area (Å²) >= 11 is 0. The Kier molecular flexibility index (Phi) is 2.15. The number of hydrogen-bond donors (Lipinski definition) is 0. The van der Waals surface area contributed by atoms with Crippen LogP contribution in [0.2, 0.25) is 0 Å². The van der Waals surface area contributed by atoms with E-state index < -0.39 is 0 Å². The van der Waals surface area contributed by atoms with E-state index in [0.29, 0.717) is 0 Å². The van der Waals surface area contributed by atoms with E-state index in [-0.39, 0.29) is 0 Å². The summed E-state index contributed by atoms with van der Waals surface area (Å²) in [5.74, 6) is 3.06. The second kappa shape index (κ2) is 2.72. The molecular weight excluding hydrogens is 108 g/mol. The van der Waals surface area contributed by atoms with Crippen molar-refractivity contribution in [2.24, 2.45) is 17.8 Å². The first-order valence-corrected chi connectivity index (χ1v) is 4.23. The van der Waals surface area contributed by atoms with Crippen molar-refractivity contribution in [2.75, 3.05) is 0 Å². The van der Waals surface area contributed by atoms with Crippen LogP contribution in [0, 0.1) is 17.8 Å². The predicted molar refractivity (Wildman–Crippen MR) is 41.3 cm³/mol. The molecule has 0 aromatic heterocycles. The van der Waals surface area contributed by atoms with Crippen LogP contribution in [0.1, 0.15) is 40.0 Å².